The van der Waals surface area contributed by atoms with Gasteiger partial charge in [0.05, 0.1) is 0 Å². The summed E-state index contributed by atoms with van der Waals surface area (Å²) in [6, 6.07) is 9.56. The first-order valence-electron chi connectivity index (χ1n) is 6.63. The summed E-state index contributed by atoms with van der Waals surface area (Å²) >= 11 is 0. The lowest BCUT2D eigenvalue weighted by Crippen LogP contribution is -2.28. The summed E-state index contributed by atoms with van der Waals surface area (Å²) in [5.41, 5.74) is 2.00. The molecule has 1 fully saturated rings. The Balaban J connectivity index is 2.23. The first-order chi connectivity index (χ1) is 8.89. The molecule has 3 nitrogen and oxygen atoms in total. The van der Waals surface area contributed by atoms with Gasteiger partial charge in [-0.3, -0.25) is 0 Å². The van der Waals surface area contributed by atoms with Gasteiger partial charge < -0.3 is 14.6 Å². The molecule has 0 saturated carbocycles. The standard InChI is InChI=1S/C16H22O3/c1-11(2)10-13-15(19-16(3,4)18-13)14(17)12-8-6-5-7-9-12/h5-10,13-15,17H,1-4H3/t13?,14-,15-/m0/s1. The Hall–Kier alpha value is -1.16. The fraction of sp³-hybridized carbons (Fsp3) is 0.500. The highest BCUT2D eigenvalue weighted by atomic mass is 16.8. The van der Waals surface area contributed by atoms with Crippen LogP contribution in [0.4, 0.5) is 0 Å². The fourth-order valence-corrected chi connectivity index (χ4v) is 2.36. The molecule has 0 spiro atoms. The van der Waals surface area contributed by atoms with Crippen LogP contribution in [-0.4, -0.2) is 23.1 Å². The molecule has 0 aliphatic carbocycles. The second kappa shape index (κ2) is 5.45. The number of aliphatic hydroxyl groups excluding tert-OH is 1. The van der Waals surface area contributed by atoms with Crippen molar-refractivity contribution in [2.45, 2.75) is 51.8 Å². The van der Waals surface area contributed by atoms with E-state index in [4.69, 9.17) is 9.47 Å². The van der Waals surface area contributed by atoms with Crippen molar-refractivity contribution >= 4 is 0 Å². The number of rotatable bonds is 3. The van der Waals surface area contributed by atoms with Gasteiger partial charge in [-0.1, -0.05) is 42.0 Å². The monoisotopic (exact) mass is 262 g/mol. The van der Waals surface area contributed by atoms with Gasteiger partial charge in [-0.15, -0.1) is 0 Å². The summed E-state index contributed by atoms with van der Waals surface area (Å²) in [6.07, 6.45) is 0.706. The fourth-order valence-electron chi connectivity index (χ4n) is 2.36. The summed E-state index contributed by atoms with van der Waals surface area (Å²) in [7, 11) is 0. The van der Waals surface area contributed by atoms with E-state index in [9.17, 15) is 5.11 Å². The Morgan fingerprint density at radius 2 is 1.84 bits per heavy atom. The van der Waals surface area contributed by atoms with Crippen LogP contribution in [0.1, 0.15) is 39.4 Å². The predicted octanol–water partition coefficient (Wildman–Crippen LogP) is 3.21. The van der Waals surface area contributed by atoms with Gasteiger partial charge in [0.2, 0.25) is 0 Å². The van der Waals surface area contributed by atoms with Crippen molar-refractivity contribution in [3.8, 4) is 0 Å². The molecule has 3 heteroatoms. The number of benzene rings is 1. The molecule has 104 valence electrons. The molecule has 1 aromatic rings. The van der Waals surface area contributed by atoms with Crippen LogP contribution in [0.25, 0.3) is 0 Å². The first kappa shape index (κ1) is 14.3. The Bertz CT molecular complexity index is 446. The third-order valence-corrected chi connectivity index (χ3v) is 3.11. The Morgan fingerprint density at radius 1 is 1.21 bits per heavy atom. The van der Waals surface area contributed by atoms with Crippen molar-refractivity contribution in [1.29, 1.82) is 0 Å². The van der Waals surface area contributed by atoms with Crippen LogP contribution in [-0.2, 0) is 9.47 Å². The highest BCUT2D eigenvalue weighted by Crippen LogP contribution is 2.36. The Morgan fingerprint density at radius 3 is 2.42 bits per heavy atom. The van der Waals surface area contributed by atoms with Crippen molar-refractivity contribution in [2.24, 2.45) is 0 Å². The van der Waals surface area contributed by atoms with Crippen LogP contribution in [0.3, 0.4) is 0 Å². The smallest absolute Gasteiger partial charge is 0.164 e. The zero-order valence-electron chi connectivity index (χ0n) is 12.0. The second-order valence-corrected chi connectivity index (χ2v) is 5.66. The molecule has 1 aromatic carbocycles. The molecule has 1 aliphatic heterocycles. The van der Waals surface area contributed by atoms with Gasteiger partial charge in [-0.25, -0.2) is 0 Å². The highest BCUT2D eigenvalue weighted by Gasteiger charge is 2.44. The molecule has 1 unspecified atom stereocenters. The van der Waals surface area contributed by atoms with E-state index >= 15 is 0 Å². The number of hydrogen-bond acceptors (Lipinski definition) is 3. The van der Waals surface area contributed by atoms with Gasteiger partial charge in [-0.05, 0) is 33.3 Å². The zero-order chi connectivity index (χ0) is 14.0. The van der Waals surface area contributed by atoms with Gasteiger partial charge in [0, 0.05) is 0 Å². The van der Waals surface area contributed by atoms with Crippen molar-refractivity contribution < 1.29 is 14.6 Å². The van der Waals surface area contributed by atoms with E-state index in [0.717, 1.165) is 11.1 Å². The minimum Gasteiger partial charge on any atom is -0.386 e. The van der Waals surface area contributed by atoms with Crippen LogP contribution in [0.5, 0.6) is 0 Å². The van der Waals surface area contributed by atoms with Crippen molar-refractivity contribution in [3.63, 3.8) is 0 Å². The van der Waals surface area contributed by atoms with Crippen molar-refractivity contribution in [3.05, 3.63) is 47.5 Å². The topological polar surface area (TPSA) is 38.7 Å². The van der Waals surface area contributed by atoms with E-state index in [1.54, 1.807) is 0 Å². The average molecular weight is 262 g/mol. The summed E-state index contributed by atoms with van der Waals surface area (Å²) < 4.78 is 11.7. The molecule has 0 radical (unpaired) electrons. The van der Waals surface area contributed by atoms with Crippen LogP contribution in [0.2, 0.25) is 0 Å². The lowest BCUT2D eigenvalue weighted by atomic mass is 9.99. The lowest BCUT2D eigenvalue weighted by molar-refractivity contribution is -0.153. The van der Waals surface area contributed by atoms with Crippen LogP contribution >= 0.6 is 0 Å². The summed E-state index contributed by atoms with van der Waals surface area (Å²) in [5, 5.41) is 10.5. The Kier molecular flexibility index (Phi) is 4.09. The molecule has 0 bridgehead atoms. The van der Waals surface area contributed by atoms with E-state index in [0.29, 0.717) is 0 Å². The van der Waals surface area contributed by atoms with E-state index in [-0.39, 0.29) is 12.2 Å². The molecule has 1 N–H and O–H groups in total. The van der Waals surface area contributed by atoms with Gasteiger partial charge in [0.1, 0.15) is 18.3 Å². The van der Waals surface area contributed by atoms with Gasteiger partial charge in [-0.2, -0.15) is 0 Å². The quantitative estimate of drug-likeness (QED) is 0.850. The lowest BCUT2D eigenvalue weighted by Gasteiger charge is -2.21. The first-order valence-corrected chi connectivity index (χ1v) is 6.63. The van der Waals surface area contributed by atoms with Crippen molar-refractivity contribution in [2.75, 3.05) is 0 Å². The Labute approximate surface area is 114 Å². The molecule has 0 aromatic heterocycles. The summed E-state index contributed by atoms with van der Waals surface area (Å²) in [4.78, 5) is 0. The maximum absolute atomic E-state index is 10.5. The van der Waals surface area contributed by atoms with Gasteiger partial charge in [0.25, 0.3) is 0 Å². The highest BCUT2D eigenvalue weighted by molar-refractivity contribution is 5.20. The maximum atomic E-state index is 10.5. The molecular weight excluding hydrogens is 240 g/mol. The molecular formula is C16H22O3. The zero-order valence-corrected chi connectivity index (χ0v) is 12.0. The van der Waals surface area contributed by atoms with Gasteiger partial charge in [0.15, 0.2) is 5.79 Å². The second-order valence-electron chi connectivity index (χ2n) is 5.66. The third kappa shape index (κ3) is 3.44. The molecule has 0 amide bonds. The SMILES string of the molecule is CC(C)=CC1OC(C)(C)O[C@@H]1[C@@H](O)c1ccccc1. The number of hydrogen-bond donors (Lipinski definition) is 1. The predicted molar refractivity (Wildman–Crippen MR) is 74.7 cm³/mol. The minimum absolute atomic E-state index is 0.227. The van der Waals surface area contributed by atoms with Crippen molar-refractivity contribution in [1.82, 2.24) is 0 Å². The molecule has 1 aliphatic rings. The normalized spacial score (nSPS) is 27.0. The average Bonchev–Trinajstić information content (AvgIpc) is 2.63. The van der Waals surface area contributed by atoms with E-state index in [1.807, 2.05) is 64.1 Å². The van der Waals surface area contributed by atoms with E-state index in [1.165, 1.54) is 0 Å². The summed E-state index contributed by atoms with van der Waals surface area (Å²) in [5.74, 6) is -0.670. The molecule has 1 heterocycles. The summed E-state index contributed by atoms with van der Waals surface area (Å²) in [6.45, 7) is 7.77. The largest absolute Gasteiger partial charge is 0.386 e. The van der Waals surface area contributed by atoms with Crippen LogP contribution < -0.4 is 0 Å². The molecule has 19 heavy (non-hydrogen) atoms. The number of allylic oxidation sites excluding steroid dienone is 1. The number of ether oxygens (including phenoxy) is 2. The third-order valence-electron chi connectivity index (χ3n) is 3.11. The maximum Gasteiger partial charge on any atom is 0.164 e. The van der Waals surface area contributed by atoms with E-state index in [2.05, 4.69) is 0 Å². The molecule has 3 atom stereocenters. The molecule has 1 saturated heterocycles. The minimum atomic E-state index is -0.691. The van der Waals surface area contributed by atoms with E-state index < -0.39 is 11.9 Å². The van der Waals surface area contributed by atoms with Crippen LogP contribution in [0, 0.1) is 0 Å². The van der Waals surface area contributed by atoms with Crippen LogP contribution in [0.15, 0.2) is 42.0 Å². The number of aliphatic hydroxyl groups is 1. The molecule has 2 rings (SSSR count). The van der Waals surface area contributed by atoms with Gasteiger partial charge >= 0.3 is 0 Å².